The molecular weight excluding hydrogens is 488 g/mol. The first-order chi connectivity index (χ1) is 19.1. The maximum absolute atomic E-state index is 5.58. The summed E-state index contributed by atoms with van der Waals surface area (Å²) in [5.74, 6) is 0.933. The second kappa shape index (κ2) is 18.0. The van der Waals surface area contributed by atoms with Crippen molar-refractivity contribution < 1.29 is 4.74 Å². The molecule has 0 aliphatic rings. The predicted octanol–water partition coefficient (Wildman–Crippen LogP) is 10.7. The molecule has 0 spiro atoms. The summed E-state index contributed by atoms with van der Waals surface area (Å²) in [5.41, 5.74) is 8.55. The van der Waals surface area contributed by atoms with E-state index in [1.807, 2.05) is 0 Å². The van der Waals surface area contributed by atoms with Gasteiger partial charge in [0, 0.05) is 29.2 Å². The molecule has 0 amide bonds. The van der Waals surface area contributed by atoms with E-state index in [1.54, 1.807) is 7.11 Å². The number of ether oxygens (including phenoxy) is 1. The van der Waals surface area contributed by atoms with Gasteiger partial charge in [-0.05, 0) is 143 Å². The minimum absolute atomic E-state index is 0.449. The number of fused-ring (bicyclic) bond motifs is 1. The summed E-state index contributed by atoms with van der Waals surface area (Å²) < 4.78 is 8.07. The molecule has 0 aliphatic heterocycles. The Hall–Kier alpha value is -2.52. The smallest absolute Gasteiger partial charge is 0.119 e. The molecule has 0 bridgehead atoms. The Balaban J connectivity index is 1.95. The fourth-order valence-electron chi connectivity index (χ4n) is 5.22. The van der Waals surface area contributed by atoms with Crippen molar-refractivity contribution in [2.45, 2.75) is 125 Å². The van der Waals surface area contributed by atoms with E-state index in [1.165, 1.54) is 51.6 Å². The van der Waals surface area contributed by atoms with E-state index in [4.69, 9.17) is 4.74 Å². The van der Waals surface area contributed by atoms with Crippen molar-refractivity contribution in [3.63, 3.8) is 0 Å². The first-order valence-corrected chi connectivity index (χ1v) is 15.6. The third kappa shape index (κ3) is 12.3. The van der Waals surface area contributed by atoms with Crippen molar-refractivity contribution >= 4 is 10.9 Å². The molecule has 1 aromatic heterocycles. The van der Waals surface area contributed by atoms with Crippen LogP contribution in [0.4, 0.5) is 0 Å². The van der Waals surface area contributed by atoms with Crippen LogP contribution in [-0.2, 0) is 6.42 Å². The lowest BCUT2D eigenvalue weighted by Crippen LogP contribution is -2.27. The Morgan fingerprint density at radius 2 is 1.43 bits per heavy atom. The van der Waals surface area contributed by atoms with Crippen LogP contribution in [0.1, 0.15) is 118 Å². The number of rotatable bonds is 18. The van der Waals surface area contributed by atoms with Gasteiger partial charge in [0.2, 0.25) is 0 Å². The maximum Gasteiger partial charge on any atom is 0.119 e. The standard InChI is InChI=1S/C37H58N2O/c1-28(2)14-10-16-30(5)18-12-20-32(7)38-25-24-34-27-39(37-23-22-35(40-9)26-36(34)37)33(8)21-13-19-31(6)17-11-15-29(3)4/h14-15,18-19,22-23,26-27,32-33,38H,10-13,16-17,20-21,24-25H2,1-9H3/b30-18+,31-19+. The monoisotopic (exact) mass is 546 g/mol. The number of benzene rings is 1. The number of nitrogens with zero attached hydrogens (tertiary/aromatic N) is 1. The van der Waals surface area contributed by atoms with E-state index in [0.29, 0.717) is 12.1 Å². The maximum atomic E-state index is 5.58. The Kier molecular flexibility index (Phi) is 15.2. The molecule has 3 nitrogen and oxygen atoms in total. The van der Waals surface area contributed by atoms with Crippen LogP contribution in [0.15, 0.2) is 71.0 Å². The highest BCUT2D eigenvalue weighted by molar-refractivity contribution is 5.85. The zero-order valence-electron chi connectivity index (χ0n) is 27.2. The van der Waals surface area contributed by atoms with E-state index in [-0.39, 0.29) is 0 Å². The molecule has 3 heteroatoms. The minimum Gasteiger partial charge on any atom is -0.497 e. The summed E-state index contributed by atoms with van der Waals surface area (Å²) in [6.07, 6.45) is 22.2. The van der Waals surface area contributed by atoms with Crippen LogP contribution in [0.2, 0.25) is 0 Å². The lowest BCUT2D eigenvalue weighted by atomic mass is 10.1. The fraction of sp³-hybridized carbons (Fsp3) is 0.568. The fourth-order valence-corrected chi connectivity index (χ4v) is 5.22. The van der Waals surface area contributed by atoms with Crippen LogP contribution in [0.5, 0.6) is 5.75 Å². The third-order valence-corrected chi connectivity index (χ3v) is 7.84. The Labute approximate surface area is 246 Å². The van der Waals surface area contributed by atoms with Gasteiger partial charge >= 0.3 is 0 Å². The molecule has 0 fully saturated rings. The predicted molar refractivity (Wildman–Crippen MR) is 178 cm³/mol. The van der Waals surface area contributed by atoms with Gasteiger partial charge in [-0.15, -0.1) is 0 Å². The Morgan fingerprint density at radius 3 is 2.00 bits per heavy atom. The topological polar surface area (TPSA) is 26.2 Å². The van der Waals surface area contributed by atoms with Gasteiger partial charge in [-0.3, -0.25) is 0 Å². The average molecular weight is 547 g/mol. The number of methoxy groups -OCH3 is 1. The second-order valence-corrected chi connectivity index (χ2v) is 12.3. The highest BCUT2D eigenvalue weighted by Crippen LogP contribution is 2.30. The van der Waals surface area contributed by atoms with E-state index >= 15 is 0 Å². The molecule has 222 valence electrons. The van der Waals surface area contributed by atoms with Gasteiger partial charge in [0.15, 0.2) is 0 Å². The Bertz CT molecular complexity index is 1150. The molecule has 2 unspecified atom stereocenters. The van der Waals surface area contributed by atoms with Crippen molar-refractivity contribution in [3.8, 4) is 5.75 Å². The minimum atomic E-state index is 0.449. The van der Waals surface area contributed by atoms with Gasteiger partial charge in [0.05, 0.1) is 7.11 Å². The van der Waals surface area contributed by atoms with Crippen molar-refractivity contribution in [1.82, 2.24) is 9.88 Å². The van der Waals surface area contributed by atoms with Crippen molar-refractivity contribution in [3.05, 3.63) is 76.6 Å². The SMILES string of the molecule is COc1ccc2c(c1)c(CCNC(C)CC/C=C(\C)CCC=C(C)C)cn2C(C)CC/C=C(\C)CCC=C(C)C. The zero-order chi connectivity index (χ0) is 29.5. The highest BCUT2D eigenvalue weighted by Gasteiger charge is 2.14. The van der Waals surface area contributed by atoms with Crippen LogP contribution >= 0.6 is 0 Å². The van der Waals surface area contributed by atoms with Gasteiger partial charge in [-0.1, -0.05) is 46.6 Å². The molecule has 0 radical (unpaired) electrons. The summed E-state index contributed by atoms with van der Waals surface area (Å²) >= 11 is 0. The molecule has 1 heterocycles. The third-order valence-electron chi connectivity index (χ3n) is 7.84. The van der Waals surface area contributed by atoms with Gasteiger partial charge in [-0.25, -0.2) is 0 Å². The molecule has 2 atom stereocenters. The summed E-state index contributed by atoms with van der Waals surface area (Å²) in [7, 11) is 1.76. The molecule has 0 aliphatic carbocycles. The van der Waals surface area contributed by atoms with Crippen LogP contribution in [0.25, 0.3) is 10.9 Å². The van der Waals surface area contributed by atoms with Gasteiger partial charge < -0.3 is 14.6 Å². The van der Waals surface area contributed by atoms with Crippen LogP contribution in [0.3, 0.4) is 0 Å². The van der Waals surface area contributed by atoms with Crippen molar-refractivity contribution in [2.24, 2.45) is 0 Å². The molecule has 1 N–H and O–H groups in total. The normalized spacial score (nSPS) is 13.8. The largest absolute Gasteiger partial charge is 0.497 e. The van der Waals surface area contributed by atoms with E-state index in [0.717, 1.165) is 57.2 Å². The van der Waals surface area contributed by atoms with Crippen molar-refractivity contribution in [2.75, 3.05) is 13.7 Å². The van der Waals surface area contributed by atoms with Gasteiger partial charge in [0.25, 0.3) is 0 Å². The number of hydrogen-bond donors (Lipinski definition) is 1. The first kappa shape index (κ1) is 33.7. The molecule has 1 aromatic carbocycles. The molecule has 2 aromatic rings. The van der Waals surface area contributed by atoms with E-state index in [9.17, 15) is 0 Å². The second-order valence-electron chi connectivity index (χ2n) is 12.3. The summed E-state index contributed by atoms with van der Waals surface area (Å²) in [6, 6.07) is 7.50. The molecular formula is C37H58N2O. The molecule has 0 saturated heterocycles. The first-order valence-electron chi connectivity index (χ1n) is 15.6. The number of hydrogen-bond acceptors (Lipinski definition) is 2. The Morgan fingerprint density at radius 1 is 0.825 bits per heavy atom. The van der Waals surface area contributed by atoms with Crippen LogP contribution in [-0.4, -0.2) is 24.3 Å². The summed E-state index contributed by atoms with van der Waals surface area (Å²) in [6.45, 7) is 18.9. The number of aromatic nitrogens is 1. The summed E-state index contributed by atoms with van der Waals surface area (Å²) in [4.78, 5) is 0. The van der Waals surface area contributed by atoms with Crippen LogP contribution < -0.4 is 10.1 Å². The van der Waals surface area contributed by atoms with Gasteiger partial charge in [0.1, 0.15) is 5.75 Å². The van der Waals surface area contributed by atoms with Crippen LogP contribution in [0, 0.1) is 0 Å². The zero-order valence-corrected chi connectivity index (χ0v) is 27.2. The van der Waals surface area contributed by atoms with Crippen molar-refractivity contribution in [1.29, 1.82) is 0 Å². The highest BCUT2D eigenvalue weighted by atomic mass is 16.5. The number of allylic oxidation sites excluding steroid dienone is 8. The molecule has 0 saturated carbocycles. The van der Waals surface area contributed by atoms with E-state index in [2.05, 4.69) is 114 Å². The van der Waals surface area contributed by atoms with E-state index < -0.39 is 0 Å². The lowest BCUT2D eigenvalue weighted by Gasteiger charge is -2.15. The number of nitrogens with one attached hydrogen (secondary N) is 1. The quantitative estimate of drug-likeness (QED) is 0.188. The lowest BCUT2D eigenvalue weighted by molar-refractivity contribution is 0.415. The van der Waals surface area contributed by atoms with Gasteiger partial charge in [-0.2, -0.15) is 0 Å². The average Bonchev–Trinajstić information content (AvgIpc) is 3.26. The molecule has 2 rings (SSSR count). The molecule has 40 heavy (non-hydrogen) atoms. The summed E-state index contributed by atoms with van der Waals surface area (Å²) in [5, 5.41) is 5.10.